The Balaban J connectivity index is 2.01. The van der Waals surface area contributed by atoms with Gasteiger partial charge in [-0.15, -0.1) is 0 Å². The van der Waals surface area contributed by atoms with E-state index in [1.807, 2.05) is 27.7 Å². The van der Waals surface area contributed by atoms with Crippen LogP contribution < -0.4 is 9.47 Å². The highest BCUT2D eigenvalue weighted by molar-refractivity contribution is 5.90. The highest BCUT2D eigenvalue weighted by Crippen LogP contribution is 2.56. The van der Waals surface area contributed by atoms with Gasteiger partial charge in [0.2, 0.25) is 0 Å². The number of unbranched alkanes of at least 4 members (excludes halogenated alkanes) is 4. The number of benzene rings is 2. The first-order valence-electron chi connectivity index (χ1n) is 18.8. The molecule has 0 saturated carbocycles. The van der Waals surface area contributed by atoms with E-state index >= 15 is 0 Å². The van der Waals surface area contributed by atoms with E-state index in [1.165, 1.54) is 0 Å². The molecule has 6 atom stereocenters. The number of hydrogen-bond acceptors (Lipinski definition) is 12. The summed E-state index contributed by atoms with van der Waals surface area (Å²) in [6.07, 6.45) is 5.69. The van der Waals surface area contributed by atoms with Gasteiger partial charge >= 0.3 is 23.9 Å². The van der Waals surface area contributed by atoms with Gasteiger partial charge in [-0.1, -0.05) is 77.6 Å². The van der Waals surface area contributed by atoms with E-state index in [0.717, 1.165) is 25.7 Å². The van der Waals surface area contributed by atoms with Crippen molar-refractivity contribution in [1.29, 1.82) is 0 Å². The maximum absolute atomic E-state index is 14.5. The zero-order valence-corrected chi connectivity index (χ0v) is 31.5. The van der Waals surface area contributed by atoms with Gasteiger partial charge < -0.3 is 28.4 Å². The predicted octanol–water partition coefficient (Wildman–Crippen LogP) is 6.38. The van der Waals surface area contributed by atoms with Gasteiger partial charge in [-0.25, -0.2) is 10.0 Å². The van der Waals surface area contributed by atoms with E-state index in [2.05, 4.69) is 0 Å². The fourth-order valence-corrected chi connectivity index (χ4v) is 6.90. The molecule has 4 rings (SSSR count). The van der Waals surface area contributed by atoms with E-state index in [-0.39, 0.29) is 26.4 Å². The lowest BCUT2D eigenvalue weighted by Gasteiger charge is -2.32. The summed E-state index contributed by atoms with van der Waals surface area (Å²) in [5, 5.41) is 3.41. The Morgan fingerprint density at radius 3 is 1.04 bits per heavy atom. The van der Waals surface area contributed by atoms with Crippen LogP contribution in [0.5, 0.6) is 11.5 Å². The number of rotatable bonds is 20. The van der Waals surface area contributed by atoms with Gasteiger partial charge in [0.1, 0.15) is 35.4 Å². The van der Waals surface area contributed by atoms with Crippen molar-refractivity contribution in [2.24, 2.45) is 11.8 Å². The van der Waals surface area contributed by atoms with E-state index in [9.17, 15) is 19.2 Å². The van der Waals surface area contributed by atoms with Crippen molar-refractivity contribution in [2.75, 3.05) is 40.6 Å². The molecule has 2 aromatic rings. The third-order valence-corrected chi connectivity index (χ3v) is 9.68. The van der Waals surface area contributed by atoms with Gasteiger partial charge in [-0.2, -0.15) is 0 Å². The molecule has 2 aromatic carbocycles. The van der Waals surface area contributed by atoms with E-state index in [4.69, 9.17) is 28.4 Å². The van der Waals surface area contributed by atoms with Gasteiger partial charge in [0, 0.05) is 0 Å². The third kappa shape index (κ3) is 9.25. The molecule has 286 valence electrons. The van der Waals surface area contributed by atoms with Gasteiger partial charge in [-0.05, 0) is 61.1 Å². The molecule has 0 bridgehead atoms. The zero-order valence-electron chi connectivity index (χ0n) is 31.5. The highest BCUT2D eigenvalue weighted by atomic mass is 16.6. The van der Waals surface area contributed by atoms with Crippen LogP contribution in [0.3, 0.4) is 0 Å². The second-order valence-corrected chi connectivity index (χ2v) is 13.2. The molecule has 2 saturated heterocycles. The first-order valence-corrected chi connectivity index (χ1v) is 18.8. The van der Waals surface area contributed by atoms with Crippen LogP contribution in [0, 0.1) is 11.8 Å². The summed E-state index contributed by atoms with van der Waals surface area (Å²) in [7, 11) is 3.11. The van der Waals surface area contributed by atoms with Gasteiger partial charge in [0.05, 0.1) is 52.7 Å². The number of methoxy groups -OCH3 is 2. The largest absolute Gasteiger partial charge is 0.497 e. The normalized spacial score (nSPS) is 22.7. The molecular weight excluding hydrogens is 668 g/mol. The number of hydrazine groups is 1. The molecule has 0 aliphatic carbocycles. The lowest BCUT2D eigenvalue weighted by Crippen LogP contribution is -2.47. The van der Waals surface area contributed by atoms with Gasteiger partial charge in [0.25, 0.3) is 0 Å². The topological polar surface area (TPSA) is 130 Å². The first kappa shape index (κ1) is 40.6. The van der Waals surface area contributed by atoms with Crippen LogP contribution in [-0.2, 0) is 38.1 Å². The number of carbonyl (C=O) groups excluding carboxylic acids is 4. The fourth-order valence-electron chi connectivity index (χ4n) is 6.90. The molecule has 2 fully saturated rings. The number of hydrogen-bond donors (Lipinski definition) is 0. The Morgan fingerprint density at radius 2 is 0.769 bits per heavy atom. The Labute approximate surface area is 308 Å². The monoisotopic (exact) mass is 724 g/mol. The molecule has 0 unspecified atom stereocenters. The highest BCUT2D eigenvalue weighted by Gasteiger charge is 2.69. The summed E-state index contributed by atoms with van der Waals surface area (Å²) in [5.41, 5.74) is 1.24. The van der Waals surface area contributed by atoms with Gasteiger partial charge in [0.15, 0.2) is 0 Å². The van der Waals surface area contributed by atoms with Crippen molar-refractivity contribution < 1.29 is 47.6 Å². The SMILES string of the molecule is CCCCOC(=O)[C@@H]1[C@H](C(=O)OCCCC)N2[C@H](c3ccc(OC)cc3)[C@H](C(=O)OCCCC)[C@H](C(=O)OCCCC)N2[C@H]1c1ccc(OC)cc1. The Kier molecular flexibility index (Phi) is 15.8. The van der Waals surface area contributed by atoms with Crippen molar-refractivity contribution in [3.63, 3.8) is 0 Å². The minimum absolute atomic E-state index is 0.142. The van der Waals surface area contributed by atoms with Crippen LogP contribution in [0.4, 0.5) is 0 Å². The Morgan fingerprint density at radius 1 is 0.481 bits per heavy atom. The minimum Gasteiger partial charge on any atom is -0.497 e. The summed E-state index contributed by atoms with van der Waals surface area (Å²) in [4.78, 5) is 57.7. The summed E-state index contributed by atoms with van der Waals surface area (Å²) in [6, 6.07) is 9.85. The van der Waals surface area contributed by atoms with Crippen LogP contribution in [0.2, 0.25) is 0 Å². The average molecular weight is 725 g/mol. The second kappa shape index (κ2) is 20.2. The van der Waals surface area contributed by atoms with Crippen LogP contribution in [0.15, 0.2) is 48.5 Å². The van der Waals surface area contributed by atoms with Gasteiger partial charge in [-0.3, -0.25) is 19.2 Å². The van der Waals surface area contributed by atoms with Crippen molar-refractivity contribution >= 4 is 23.9 Å². The lowest BCUT2D eigenvalue weighted by atomic mass is 9.82. The van der Waals surface area contributed by atoms with E-state index in [1.54, 1.807) is 72.8 Å². The summed E-state index contributed by atoms with van der Waals surface area (Å²) >= 11 is 0. The molecule has 12 nitrogen and oxygen atoms in total. The molecular formula is C40H56N2O10. The standard InChI is InChI=1S/C40H56N2O10/c1-7-11-23-49-37(43)31-33(27-15-19-29(47-5)20-16-27)41-36(40(46)52-26-14-10-4)32(38(44)50-24-12-8-2)34(28-17-21-30(48-6)22-18-28)42(41)35(31)39(45)51-25-13-9-3/h15-22,31-36H,7-14,23-26H2,1-6H3/t31-,32-,33-,34+,35+,36+/m0/s1. The van der Waals surface area contributed by atoms with Crippen molar-refractivity contribution in [2.45, 2.75) is 103 Å². The molecule has 2 aliphatic rings. The molecule has 0 N–H and O–H groups in total. The Bertz CT molecular complexity index is 1340. The fraction of sp³-hybridized carbons (Fsp3) is 0.600. The summed E-state index contributed by atoms with van der Waals surface area (Å²) in [5.74, 6) is -3.61. The second-order valence-electron chi connectivity index (χ2n) is 13.2. The number of esters is 4. The number of fused-ring (bicyclic) bond motifs is 1. The number of ether oxygens (including phenoxy) is 6. The average Bonchev–Trinajstić information content (AvgIpc) is 3.68. The molecule has 0 aromatic heterocycles. The molecule has 0 spiro atoms. The molecule has 52 heavy (non-hydrogen) atoms. The molecule has 0 radical (unpaired) electrons. The lowest BCUT2D eigenvalue weighted by molar-refractivity contribution is -0.163. The van der Waals surface area contributed by atoms with Crippen LogP contribution in [0.25, 0.3) is 0 Å². The van der Waals surface area contributed by atoms with E-state index in [0.29, 0.717) is 48.3 Å². The maximum Gasteiger partial charge on any atom is 0.325 e. The van der Waals surface area contributed by atoms with Crippen LogP contribution in [-0.4, -0.2) is 86.6 Å². The minimum atomic E-state index is -1.26. The molecule has 2 aliphatic heterocycles. The quantitative estimate of drug-likeness (QED) is 0.0854. The van der Waals surface area contributed by atoms with Crippen LogP contribution in [0.1, 0.15) is 102 Å². The Hall–Kier alpha value is -4.16. The number of carbonyl (C=O) groups is 4. The maximum atomic E-state index is 14.5. The molecule has 0 amide bonds. The first-order chi connectivity index (χ1) is 25.3. The number of nitrogens with zero attached hydrogens (tertiary/aromatic N) is 2. The predicted molar refractivity (Wildman–Crippen MR) is 193 cm³/mol. The summed E-state index contributed by atoms with van der Waals surface area (Å²) < 4.78 is 34.4. The zero-order chi connectivity index (χ0) is 37.6. The molecule has 2 heterocycles. The third-order valence-electron chi connectivity index (χ3n) is 9.68. The molecule has 12 heteroatoms. The van der Waals surface area contributed by atoms with Crippen LogP contribution >= 0.6 is 0 Å². The summed E-state index contributed by atoms with van der Waals surface area (Å²) in [6.45, 7) is 8.57. The smallest absolute Gasteiger partial charge is 0.325 e. The van der Waals surface area contributed by atoms with Crippen molar-refractivity contribution in [1.82, 2.24) is 10.0 Å². The van der Waals surface area contributed by atoms with Crippen molar-refractivity contribution in [3.05, 3.63) is 59.7 Å². The van der Waals surface area contributed by atoms with E-state index < -0.39 is 59.9 Å². The van der Waals surface area contributed by atoms with Crippen molar-refractivity contribution in [3.8, 4) is 11.5 Å².